The van der Waals surface area contributed by atoms with Crippen LogP contribution in [-0.2, 0) is 0 Å². The van der Waals surface area contributed by atoms with Crippen LogP contribution in [0.4, 0.5) is 13.2 Å². The second-order valence-corrected chi connectivity index (χ2v) is 5.00. The highest BCUT2D eigenvalue weighted by Crippen LogP contribution is 2.35. The zero-order valence-corrected chi connectivity index (χ0v) is 12.5. The molecule has 0 bridgehead atoms. The number of rotatable bonds is 2. The average Bonchev–Trinajstić information content (AvgIpc) is 2.34. The third-order valence-electron chi connectivity index (χ3n) is 2.12. The summed E-state index contributed by atoms with van der Waals surface area (Å²) in [5, 5.41) is -0.0244. The van der Waals surface area contributed by atoms with Gasteiger partial charge in [0.25, 0.3) is 0 Å². The van der Waals surface area contributed by atoms with Gasteiger partial charge >= 0.3 is 6.36 Å². The van der Waals surface area contributed by atoms with E-state index in [2.05, 4.69) is 30.6 Å². The standard InChI is InChI=1S/C11H4BrCl2F3N2O/c12-7-8(13)18-10(19-9(7)14)5-3-1-2-4-6(5)20-11(15,16)17/h1-4H. The molecular weight excluding hydrogens is 384 g/mol. The minimum Gasteiger partial charge on any atom is -0.405 e. The third-order valence-corrected chi connectivity index (χ3v) is 3.88. The maximum Gasteiger partial charge on any atom is 0.573 e. The fraction of sp³-hybridized carbons (Fsp3) is 0.0909. The predicted molar refractivity (Wildman–Crippen MR) is 71.9 cm³/mol. The number of para-hydroxylation sites is 1. The zero-order chi connectivity index (χ0) is 14.9. The molecule has 3 nitrogen and oxygen atoms in total. The minimum atomic E-state index is -4.82. The highest BCUT2D eigenvalue weighted by molar-refractivity contribution is 9.10. The van der Waals surface area contributed by atoms with E-state index in [-0.39, 0.29) is 26.2 Å². The summed E-state index contributed by atoms with van der Waals surface area (Å²) in [4.78, 5) is 7.74. The van der Waals surface area contributed by atoms with Crippen molar-refractivity contribution < 1.29 is 17.9 Å². The lowest BCUT2D eigenvalue weighted by Gasteiger charge is -2.12. The Bertz CT molecular complexity index is 629. The molecule has 0 amide bonds. The number of ether oxygens (including phenoxy) is 1. The molecule has 1 aromatic carbocycles. The molecule has 106 valence electrons. The van der Waals surface area contributed by atoms with Crippen LogP contribution in [0.25, 0.3) is 11.4 Å². The predicted octanol–water partition coefficient (Wildman–Crippen LogP) is 5.11. The summed E-state index contributed by atoms with van der Waals surface area (Å²) < 4.78 is 41.2. The van der Waals surface area contributed by atoms with E-state index in [0.717, 1.165) is 6.07 Å². The van der Waals surface area contributed by atoms with Crippen LogP contribution >= 0.6 is 39.1 Å². The molecule has 0 aliphatic heterocycles. The molecule has 0 fully saturated rings. The molecule has 0 atom stereocenters. The van der Waals surface area contributed by atoms with Gasteiger partial charge in [0.1, 0.15) is 16.1 Å². The van der Waals surface area contributed by atoms with Crippen LogP contribution < -0.4 is 4.74 Å². The third kappa shape index (κ3) is 3.53. The van der Waals surface area contributed by atoms with Crippen molar-refractivity contribution in [3.8, 4) is 17.1 Å². The molecule has 0 saturated heterocycles. The Labute approximate surface area is 129 Å². The van der Waals surface area contributed by atoms with Crippen LogP contribution in [0.2, 0.25) is 10.3 Å². The van der Waals surface area contributed by atoms with E-state index >= 15 is 0 Å². The van der Waals surface area contributed by atoms with E-state index in [0.29, 0.717) is 0 Å². The highest BCUT2D eigenvalue weighted by atomic mass is 79.9. The summed E-state index contributed by atoms with van der Waals surface area (Å²) in [6.45, 7) is 0. The van der Waals surface area contributed by atoms with E-state index in [1.54, 1.807) is 0 Å². The van der Waals surface area contributed by atoms with Gasteiger partial charge in [-0.3, -0.25) is 0 Å². The van der Waals surface area contributed by atoms with Crippen molar-refractivity contribution in [1.82, 2.24) is 9.97 Å². The Morgan fingerprint density at radius 3 is 2.15 bits per heavy atom. The van der Waals surface area contributed by atoms with Gasteiger partial charge < -0.3 is 4.74 Å². The first-order chi connectivity index (χ1) is 9.28. The van der Waals surface area contributed by atoms with Crippen molar-refractivity contribution in [2.75, 3.05) is 0 Å². The molecule has 0 aliphatic carbocycles. The molecule has 0 radical (unpaired) electrons. The smallest absolute Gasteiger partial charge is 0.405 e. The summed E-state index contributed by atoms with van der Waals surface area (Å²) in [5.41, 5.74) is 0.0288. The van der Waals surface area contributed by atoms with E-state index < -0.39 is 12.1 Å². The van der Waals surface area contributed by atoms with Crippen LogP contribution in [0, 0.1) is 0 Å². The molecule has 0 aliphatic rings. The lowest BCUT2D eigenvalue weighted by Crippen LogP contribution is -2.17. The van der Waals surface area contributed by atoms with Gasteiger partial charge in [-0.15, -0.1) is 13.2 Å². The maximum atomic E-state index is 12.3. The molecule has 0 unspecified atom stereocenters. The zero-order valence-electron chi connectivity index (χ0n) is 9.38. The number of alkyl halides is 3. The lowest BCUT2D eigenvalue weighted by atomic mass is 10.2. The number of aromatic nitrogens is 2. The lowest BCUT2D eigenvalue weighted by molar-refractivity contribution is -0.274. The Balaban J connectivity index is 2.53. The Kier molecular flexibility index (Phi) is 4.41. The average molecular weight is 388 g/mol. The minimum absolute atomic E-state index is 0.0122. The molecular formula is C11H4BrCl2F3N2O. The monoisotopic (exact) mass is 386 g/mol. The van der Waals surface area contributed by atoms with Gasteiger partial charge in [-0.1, -0.05) is 35.3 Å². The van der Waals surface area contributed by atoms with Crippen molar-refractivity contribution >= 4 is 39.1 Å². The van der Waals surface area contributed by atoms with Gasteiger partial charge in [0.15, 0.2) is 5.82 Å². The van der Waals surface area contributed by atoms with Crippen LogP contribution in [-0.4, -0.2) is 16.3 Å². The molecule has 1 heterocycles. The maximum absolute atomic E-state index is 12.3. The second kappa shape index (κ2) is 5.75. The van der Waals surface area contributed by atoms with Crippen molar-refractivity contribution in [3.63, 3.8) is 0 Å². The largest absolute Gasteiger partial charge is 0.573 e. The fourth-order valence-electron chi connectivity index (χ4n) is 1.38. The topological polar surface area (TPSA) is 35.0 Å². The van der Waals surface area contributed by atoms with Gasteiger partial charge in [0.05, 0.1) is 10.0 Å². The molecule has 0 spiro atoms. The summed E-state index contributed by atoms with van der Waals surface area (Å²) in [6.07, 6.45) is -4.82. The molecule has 20 heavy (non-hydrogen) atoms. The van der Waals surface area contributed by atoms with E-state index in [4.69, 9.17) is 23.2 Å². The highest BCUT2D eigenvalue weighted by Gasteiger charge is 2.32. The van der Waals surface area contributed by atoms with E-state index in [9.17, 15) is 13.2 Å². The molecule has 0 saturated carbocycles. The Hall–Kier alpha value is -1.05. The van der Waals surface area contributed by atoms with Crippen molar-refractivity contribution in [2.24, 2.45) is 0 Å². The van der Waals surface area contributed by atoms with Crippen LogP contribution in [0.5, 0.6) is 5.75 Å². The summed E-state index contributed by atoms with van der Waals surface area (Å²) in [6, 6.07) is 5.44. The number of nitrogens with zero attached hydrogens (tertiary/aromatic N) is 2. The van der Waals surface area contributed by atoms with Crippen molar-refractivity contribution in [1.29, 1.82) is 0 Å². The molecule has 1 aromatic heterocycles. The van der Waals surface area contributed by atoms with Gasteiger partial charge in [-0.05, 0) is 28.1 Å². The fourth-order valence-corrected chi connectivity index (χ4v) is 1.94. The number of hydrogen-bond donors (Lipinski definition) is 0. The van der Waals surface area contributed by atoms with Gasteiger partial charge in [0.2, 0.25) is 0 Å². The molecule has 2 rings (SSSR count). The first-order valence-electron chi connectivity index (χ1n) is 5.01. The van der Waals surface area contributed by atoms with Crippen LogP contribution in [0.15, 0.2) is 28.7 Å². The van der Waals surface area contributed by atoms with E-state index in [1.165, 1.54) is 18.2 Å². The van der Waals surface area contributed by atoms with Crippen LogP contribution in [0.1, 0.15) is 0 Å². The number of halogens is 6. The normalized spacial score (nSPS) is 11.5. The number of hydrogen-bond acceptors (Lipinski definition) is 3. The second-order valence-electron chi connectivity index (χ2n) is 3.49. The van der Waals surface area contributed by atoms with E-state index in [1.807, 2.05) is 0 Å². The van der Waals surface area contributed by atoms with Gasteiger partial charge in [-0.25, -0.2) is 9.97 Å². The van der Waals surface area contributed by atoms with Crippen molar-refractivity contribution in [3.05, 3.63) is 39.0 Å². The first-order valence-corrected chi connectivity index (χ1v) is 6.56. The Morgan fingerprint density at radius 1 is 1.05 bits per heavy atom. The Morgan fingerprint density at radius 2 is 1.60 bits per heavy atom. The van der Waals surface area contributed by atoms with Crippen molar-refractivity contribution in [2.45, 2.75) is 6.36 Å². The summed E-state index contributed by atoms with van der Waals surface area (Å²) in [7, 11) is 0. The SMILES string of the molecule is FC(F)(F)Oc1ccccc1-c1nc(Cl)c(Br)c(Cl)n1. The molecule has 0 N–H and O–H groups in total. The van der Waals surface area contributed by atoms with Gasteiger partial charge in [0, 0.05) is 0 Å². The molecule has 9 heteroatoms. The van der Waals surface area contributed by atoms with Gasteiger partial charge in [-0.2, -0.15) is 0 Å². The number of benzene rings is 1. The first kappa shape index (κ1) is 15.3. The summed E-state index contributed by atoms with van der Waals surface area (Å²) in [5.74, 6) is -0.502. The van der Waals surface area contributed by atoms with Crippen LogP contribution in [0.3, 0.4) is 0 Å². The molecule has 2 aromatic rings. The summed E-state index contributed by atoms with van der Waals surface area (Å²) >= 11 is 14.7. The quantitative estimate of drug-likeness (QED) is 0.671.